The van der Waals surface area contributed by atoms with E-state index in [1.807, 2.05) is 0 Å². The minimum atomic E-state index is -1.48. The second-order valence-electron chi connectivity index (χ2n) is 9.15. The van der Waals surface area contributed by atoms with Gasteiger partial charge >= 0.3 is 59.6 Å². The van der Waals surface area contributed by atoms with Crippen LogP contribution in [-0.2, 0) is 38.1 Å². The number of carbonyl (C=O) groups excluding carboxylic acids is 4. The quantitative estimate of drug-likeness (QED) is 0.0625. The van der Waals surface area contributed by atoms with Crippen molar-refractivity contribution in [3.8, 4) is 0 Å². The molecule has 0 unspecified atom stereocenters. The van der Waals surface area contributed by atoms with Gasteiger partial charge in [-0.25, -0.2) is 19.2 Å². The minimum Gasteiger partial charge on any atom is -0.870 e. The Balaban J connectivity index is 0. The van der Waals surface area contributed by atoms with Crippen LogP contribution in [0.2, 0.25) is 0 Å². The topological polar surface area (TPSA) is 471 Å². The normalized spacial score (nSPS) is 24.8. The summed E-state index contributed by atoms with van der Waals surface area (Å²) < 4.78 is 17.0. The predicted octanol–water partition coefficient (Wildman–Crippen LogP) is -13.9. The molecule has 25 nitrogen and oxygen atoms in total. The third-order valence-electron chi connectivity index (χ3n) is 5.82. The standard InChI is InChI=1S/4C6H8O6.N.Na/c4*7-1-2(8)5-3(9)4(10)6(11)12-5;;/h4*2,5,7-10H,1H2;;/q;;;;+3;+1/p-4/t4*2-,5+;;/m0000../s1. The third-order valence-corrected chi connectivity index (χ3v) is 5.82. The van der Waals surface area contributed by atoms with Crippen molar-refractivity contribution in [3.63, 3.8) is 0 Å². The van der Waals surface area contributed by atoms with Crippen LogP contribution in [0.15, 0.2) is 46.1 Å². The SMILES string of the molecule is O=C1O[C@H]([C@@H](O)CO)C([O-])=C1O.O=C1O[C@H]([C@@H](O)CO)C([O-])=C1O.O=C1O[C@H]([C@@H](O)CO)C([O-])=C1O.O=C1O[C@H]([C@@H](O)CO)C([O-])=C1O.[N+3].[Na+]. The van der Waals surface area contributed by atoms with Crippen LogP contribution in [0, 0.1) is 0 Å². The number of aliphatic hydroxyl groups is 12. The van der Waals surface area contributed by atoms with Gasteiger partial charge in [-0.3, -0.25) is 0 Å². The zero-order valence-electron chi connectivity index (χ0n) is 25.2. The van der Waals surface area contributed by atoms with Crippen LogP contribution >= 0.6 is 0 Å². The number of aliphatic hydroxyl groups excluding tert-OH is 12. The molecule has 26 heteroatoms. The molecule has 0 aliphatic carbocycles. The van der Waals surface area contributed by atoms with Crippen LogP contribution in [-0.4, -0.2) is 160 Å². The molecule has 0 aromatic rings. The summed E-state index contributed by atoms with van der Waals surface area (Å²) in [6.07, 6.45) is -11.8. The molecule has 0 saturated heterocycles. The molecule has 0 bridgehead atoms. The van der Waals surface area contributed by atoms with Crippen LogP contribution in [0.1, 0.15) is 0 Å². The fraction of sp³-hybridized carbons (Fsp3) is 0.500. The summed E-state index contributed by atoms with van der Waals surface area (Å²) in [6.45, 7) is -2.85. The minimum absolute atomic E-state index is 0. The molecule has 0 fully saturated rings. The van der Waals surface area contributed by atoms with E-state index in [2.05, 4.69) is 18.9 Å². The second kappa shape index (κ2) is 21.0. The number of esters is 4. The summed E-state index contributed by atoms with van der Waals surface area (Å²) in [5.74, 6) is -12.8. The van der Waals surface area contributed by atoms with E-state index in [1.165, 1.54) is 0 Å². The van der Waals surface area contributed by atoms with Crippen molar-refractivity contribution < 1.29 is 149 Å². The molecule has 0 aromatic carbocycles. The van der Waals surface area contributed by atoms with Gasteiger partial charge in [-0.1, -0.05) is 0 Å². The van der Waals surface area contributed by atoms with E-state index in [-0.39, 0.29) is 35.7 Å². The molecule has 50 heavy (non-hydrogen) atoms. The van der Waals surface area contributed by atoms with Crippen LogP contribution in [0.5, 0.6) is 0 Å². The van der Waals surface area contributed by atoms with E-state index < -0.39 is 145 Å². The van der Waals surface area contributed by atoms with Gasteiger partial charge in [0.2, 0.25) is 0 Å². The number of hydrogen-bond donors (Lipinski definition) is 12. The van der Waals surface area contributed by atoms with Crippen molar-refractivity contribution in [1.29, 1.82) is 0 Å². The molecule has 4 aliphatic rings. The Labute approximate surface area is 300 Å². The van der Waals surface area contributed by atoms with Crippen molar-refractivity contribution in [2.75, 3.05) is 26.4 Å². The number of hydrogen-bond acceptors (Lipinski definition) is 24. The fourth-order valence-corrected chi connectivity index (χ4v) is 3.24. The van der Waals surface area contributed by atoms with Gasteiger partial charge in [0, 0.05) is 0 Å². The molecule has 2 radical (unpaired) electrons. The number of ether oxygens (including phenoxy) is 4. The van der Waals surface area contributed by atoms with Crippen molar-refractivity contribution in [1.82, 2.24) is 6.15 Å². The average molecular weight is 737 g/mol. The summed E-state index contributed by atoms with van der Waals surface area (Å²) >= 11 is 0. The molecule has 8 atom stereocenters. The Bertz CT molecular complexity index is 1140. The molecule has 12 N–H and O–H groups in total. The number of nitrogens with zero attached hydrogens (tertiary/aromatic N) is 1. The van der Waals surface area contributed by atoms with Gasteiger partial charge in [-0.05, 0) is 23.0 Å². The number of cyclic esters (lactones) is 4. The molecular formula is C24H28NNaO24. The summed E-state index contributed by atoms with van der Waals surface area (Å²) in [4.78, 5) is 42.0. The molecule has 4 aliphatic heterocycles. The monoisotopic (exact) mass is 737 g/mol. The maximum atomic E-state index is 10.8. The summed E-state index contributed by atoms with van der Waals surface area (Å²) in [5.41, 5.74) is 0. The van der Waals surface area contributed by atoms with Gasteiger partial charge in [-0.15, -0.1) is 0 Å². The third kappa shape index (κ3) is 11.3. The Morgan fingerprint density at radius 1 is 0.440 bits per heavy atom. The Kier molecular flexibility index (Phi) is 20.0. The smallest absolute Gasteiger partial charge is 0.870 e. The average Bonchev–Trinajstić information content (AvgIpc) is 3.70. The van der Waals surface area contributed by atoms with Crippen LogP contribution < -0.4 is 56.1 Å². The first-order valence-electron chi connectivity index (χ1n) is 12.7. The van der Waals surface area contributed by atoms with Crippen LogP contribution in [0.25, 0.3) is 0 Å². The van der Waals surface area contributed by atoms with E-state index >= 15 is 0 Å². The first kappa shape index (κ1) is 47.7. The van der Waals surface area contributed by atoms with Crippen molar-refractivity contribution in [3.05, 3.63) is 46.1 Å². The fourth-order valence-electron chi connectivity index (χ4n) is 3.24. The molecule has 0 aromatic heterocycles. The zero-order valence-corrected chi connectivity index (χ0v) is 27.2. The van der Waals surface area contributed by atoms with E-state index in [0.29, 0.717) is 0 Å². The van der Waals surface area contributed by atoms with Gasteiger partial charge in [-0.2, -0.15) is 0 Å². The molecule has 0 spiro atoms. The first-order chi connectivity index (χ1) is 22.3. The van der Waals surface area contributed by atoms with E-state index in [0.717, 1.165) is 0 Å². The Hall–Kier alpha value is -4.37. The summed E-state index contributed by atoms with van der Waals surface area (Å²) in [5, 5.41) is 147. The van der Waals surface area contributed by atoms with E-state index in [4.69, 9.17) is 61.3 Å². The molecular weight excluding hydrogens is 709 g/mol. The largest absolute Gasteiger partial charge is 3.00 e. The Morgan fingerprint density at radius 2 is 0.580 bits per heavy atom. The van der Waals surface area contributed by atoms with Gasteiger partial charge < -0.3 is 101 Å². The number of carbonyl (C=O) groups is 4. The van der Waals surface area contributed by atoms with Gasteiger partial charge in [0.05, 0.1) is 26.4 Å². The van der Waals surface area contributed by atoms with Crippen LogP contribution in [0.4, 0.5) is 0 Å². The van der Waals surface area contributed by atoms with Gasteiger partial charge in [0.1, 0.15) is 48.8 Å². The van der Waals surface area contributed by atoms with Gasteiger partial charge in [0.15, 0.2) is 23.0 Å². The number of rotatable bonds is 8. The van der Waals surface area contributed by atoms with Crippen molar-refractivity contribution >= 4 is 23.9 Å². The predicted molar refractivity (Wildman–Crippen MR) is 133 cm³/mol. The maximum Gasteiger partial charge on any atom is 3.00 e. The van der Waals surface area contributed by atoms with E-state index in [1.54, 1.807) is 0 Å². The van der Waals surface area contributed by atoms with Gasteiger partial charge in [0.25, 0.3) is 0 Å². The molecule has 4 heterocycles. The molecule has 0 saturated carbocycles. The second-order valence-corrected chi connectivity index (χ2v) is 9.15. The molecule has 274 valence electrons. The van der Waals surface area contributed by atoms with Crippen molar-refractivity contribution in [2.24, 2.45) is 0 Å². The summed E-state index contributed by atoms with van der Waals surface area (Å²) in [6, 6.07) is 0. The zero-order chi connectivity index (χ0) is 37.2. The molecule has 0 amide bonds. The summed E-state index contributed by atoms with van der Waals surface area (Å²) in [7, 11) is 0. The molecule has 4 rings (SSSR count). The van der Waals surface area contributed by atoms with E-state index in [9.17, 15) is 39.6 Å². The first-order valence-corrected chi connectivity index (χ1v) is 12.7. The van der Waals surface area contributed by atoms with Crippen molar-refractivity contribution in [2.45, 2.75) is 48.8 Å². The maximum absolute atomic E-state index is 10.8. The Morgan fingerprint density at radius 3 is 0.660 bits per heavy atom. The van der Waals surface area contributed by atoms with Crippen LogP contribution in [0.3, 0.4) is 0 Å².